The maximum absolute atomic E-state index is 13.3. The minimum atomic E-state index is -3.39. The van der Waals surface area contributed by atoms with Gasteiger partial charge in [-0.05, 0) is 72.5 Å². The van der Waals surface area contributed by atoms with Crippen LogP contribution in [0.4, 0.5) is 21.6 Å². The van der Waals surface area contributed by atoms with Crippen molar-refractivity contribution in [3.63, 3.8) is 0 Å². The Morgan fingerprint density at radius 3 is 2.24 bits per heavy atom. The zero-order chi connectivity index (χ0) is 29.2. The summed E-state index contributed by atoms with van der Waals surface area (Å²) in [7, 11) is -1.96. The van der Waals surface area contributed by atoms with Crippen LogP contribution in [0.25, 0.3) is 11.1 Å². The minimum absolute atomic E-state index is 0.0461. The second-order valence-corrected chi connectivity index (χ2v) is 11.8. The van der Waals surface area contributed by atoms with E-state index < -0.39 is 15.3 Å². The molecule has 4 N–H and O–H groups in total. The number of aromatic nitrogens is 1. The predicted molar refractivity (Wildman–Crippen MR) is 157 cm³/mol. The molecule has 0 atom stereocenters. The summed E-state index contributed by atoms with van der Waals surface area (Å²) in [6.45, 7) is 0. The molecule has 1 amide bonds. The van der Waals surface area contributed by atoms with Gasteiger partial charge in [-0.25, -0.2) is 17.8 Å². The molecule has 0 unspecified atom stereocenters. The van der Waals surface area contributed by atoms with E-state index >= 15 is 0 Å². The van der Waals surface area contributed by atoms with Crippen molar-refractivity contribution in [1.82, 2.24) is 4.98 Å². The number of carbonyl (C=O) groups excluding carboxylic acids is 1. The summed E-state index contributed by atoms with van der Waals surface area (Å²) in [5.41, 5.74) is 9.12. The van der Waals surface area contributed by atoms with Gasteiger partial charge in [0.15, 0.2) is 21.6 Å². The zero-order valence-corrected chi connectivity index (χ0v) is 23.2. The number of nitrogens with two attached hydrogens (primary N) is 1. The number of nitrogens with one attached hydrogen (secondary N) is 2. The first kappa shape index (κ1) is 27.8. The predicted octanol–water partition coefficient (Wildman–Crippen LogP) is 5.03. The van der Waals surface area contributed by atoms with Crippen LogP contribution in [0, 0.1) is 5.82 Å². The molecule has 1 aromatic heterocycles. The number of amides is 1. The first-order valence-electron chi connectivity index (χ1n) is 12.7. The van der Waals surface area contributed by atoms with Gasteiger partial charge < -0.3 is 21.1 Å². The Morgan fingerprint density at radius 1 is 0.976 bits per heavy atom. The number of benzene rings is 3. The molecule has 0 spiro atoms. The third kappa shape index (κ3) is 6.20. The van der Waals surface area contributed by atoms with E-state index in [9.17, 15) is 17.6 Å². The number of pyridine rings is 1. The largest absolute Gasteiger partial charge is 0.495 e. The Balaban J connectivity index is 1.23. The zero-order valence-electron chi connectivity index (χ0n) is 22.4. The normalized spacial score (nSPS) is 14.3. The SMILES string of the molecule is COc1cc(S(C)(=O)=O)ccc1NC(N)=Nc1ccc(-c2ccc(NC(=O)C3(c4ccc(F)cc4)CC3)cc2)cn1. The van der Waals surface area contributed by atoms with Crippen molar-refractivity contribution in [3.05, 3.63) is 96.4 Å². The fourth-order valence-corrected chi connectivity index (χ4v) is 5.09. The van der Waals surface area contributed by atoms with Crippen LogP contribution in [0.1, 0.15) is 18.4 Å². The van der Waals surface area contributed by atoms with Gasteiger partial charge in [-0.15, -0.1) is 0 Å². The van der Waals surface area contributed by atoms with E-state index in [4.69, 9.17) is 10.5 Å². The molecular weight excluding hydrogens is 545 g/mol. The van der Waals surface area contributed by atoms with Gasteiger partial charge in [0, 0.05) is 29.8 Å². The smallest absolute Gasteiger partial charge is 0.235 e. The highest BCUT2D eigenvalue weighted by atomic mass is 32.2. The topological polar surface area (TPSA) is 136 Å². The maximum atomic E-state index is 13.3. The Bertz CT molecular complexity index is 1720. The van der Waals surface area contributed by atoms with Gasteiger partial charge in [0.25, 0.3) is 0 Å². The van der Waals surface area contributed by atoms with Crippen molar-refractivity contribution in [3.8, 4) is 16.9 Å². The van der Waals surface area contributed by atoms with Gasteiger partial charge >= 0.3 is 0 Å². The molecule has 0 aliphatic heterocycles. The number of hydrogen-bond acceptors (Lipinski definition) is 6. The minimum Gasteiger partial charge on any atom is -0.495 e. The first-order chi connectivity index (χ1) is 19.6. The molecule has 1 heterocycles. The second kappa shape index (κ2) is 11.0. The average molecular weight is 574 g/mol. The van der Waals surface area contributed by atoms with Crippen LogP contribution < -0.4 is 21.1 Å². The summed E-state index contributed by atoms with van der Waals surface area (Å²) in [6, 6.07) is 21.5. The number of methoxy groups -OCH3 is 1. The lowest BCUT2D eigenvalue weighted by molar-refractivity contribution is -0.118. The lowest BCUT2D eigenvalue weighted by Gasteiger charge is -2.16. The first-order valence-corrected chi connectivity index (χ1v) is 14.6. The Kier molecular flexibility index (Phi) is 7.46. The fourth-order valence-electron chi connectivity index (χ4n) is 4.46. The molecule has 41 heavy (non-hydrogen) atoms. The van der Waals surface area contributed by atoms with Gasteiger partial charge in [-0.1, -0.05) is 24.3 Å². The summed E-state index contributed by atoms with van der Waals surface area (Å²) in [5.74, 6) is 0.289. The lowest BCUT2D eigenvalue weighted by Crippen LogP contribution is -2.27. The molecule has 11 heteroatoms. The number of rotatable bonds is 8. The molecule has 9 nitrogen and oxygen atoms in total. The Morgan fingerprint density at radius 2 is 1.66 bits per heavy atom. The molecule has 3 aromatic carbocycles. The van der Waals surface area contributed by atoms with E-state index in [0.29, 0.717) is 22.9 Å². The van der Waals surface area contributed by atoms with Crippen molar-refractivity contribution >= 4 is 38.9 Å². The fraction of sp³-hybridized carbons (Fsp3) is 0.167. The van der Waals surface area contributed by atoms with E-state index in [-0.39, 0.29) is 22.6 Å². The van der Waals surface area contributed by atoms with Gasteiger partial charge in [0.2, 0.25) is 5.91 Å². The van der Waals surface area contributed by atoms with Crippen LogP contribution in [0.15, 0.2) is 94.9 Å². The van der Waals surface area contributed by atoms with E-state index in [2.05, 4.69) is 20.6 Å². The van der Waals surface area contributed by atoms with Crippen molar-refractivity contribution in [1.29, 1.82) is 0 Å². The number of nitrogens with zero attached hydrogens (tertiary/aromatic N) is 2. The molecule has 0 radical (unpaired) electrons. The van der Waals surface area contributed by atoms with Gasteiger partial charge in [-0.3, -0.25) is 4.79 Å². The molecule has 4 aromatic rings. The number of sulfone groups is 1. The van der Waals surface area contributed by atoms with Crippen LogP contribution in [0.3, 0.4) is 0 Å². The number of hydrogen-bond donors (Lipinski definition) is 3. The molecule has 1 fully saturated rings. The van der Waals surface area contributed by atoms with Crippen LogP contribution in [0.5, 0.6) is 5.75 Å². The molecule has 1 saturated carbocycles. The summed E-state index contributed by atoms with van der Waals surface area (Å²) >= 11 is 0. The quantitative estimate of drug-likeness (QED) is 0.199. The van der Waals surface area contributed by atoms with Gasteiger partial charge in [0.1, 0.15) is 11.6 Å². The molecule has 0 saturated heterocycles. The van der Waals surface area contributed by atoms with E-state index in [1.54, 1.807) is 30.5 Å². The number of halogens is 1. The van der Waals surface area contributed by atoms with Crippen LogP contribution >= 0.6 is 0 Å². The highest BCUT2D eigenvalue weighted by Crippen LogP contribution is 2.49. The monoisotopic (exact) mass is 573 g/mol. The highest BCUT2D eigenvalue weighted by Gasteiger charge is 2.51. The molecule has 5 rings (SSSR count). The van der Waals surface area contributed by atoms with Crippen LogP contribution in [-0.2, 0) is 20.0 Å². The van der Waals surface area contributed by atoms with Crippen molar-refractivity contribution in [2.75, 3.05) is 24.0 Å². The van der Waals surface area contributed by atoms with Gasteiger partial charge in [-0.2, -0.15) is 4.99 Å². The van der Waals surface area contributed by atoms with E-state index in [1.807, 2.05) is 30.3 Å². The molecule has 210 valence electrons. The summed E-state index contributed by atoms with van der Waals surface area (Å²) < 4.78 is 42.2. The van der Waals surface area contributed by atoms with Gasteiger partial charge in [0.05, 0.1) is 23.1 Å². The number of carbonyl (C=O) groups is 1. The average Bonchev–Trinajstić information content (AvgIpc) is 3.76. The van der Waals surface area contributed by atoms with Crippen molar-refractivity contribution in [2.45, 2.75) is 23.2 Å². The lowest BCUT2D eigenvalue weighted by atomic mass is 9.95. The summed E-state index contributed by atoms with van der Waals surface area (Å²) in [6.07, 6.45) is 4.24. The van der Waals surface area contributed by atoms with E-state index in [0.717, 1.165) is 35.8 Å². The van der Waals surface area contributed by atoms with Crippen LogP contribution in [0.2, 0.25) is 0 Å². The molecular formula is C30H28FN5O4S. The third-order valence-corrected chi connectivity index (χ3v) is 8.01. The number of anilines is 2. The maximum Gasteiger partial charge on any atom is 0.235 e. The summed E-state index contributed by atoms with van der Waals surface area (Å²) in [4.78, 5) is 21.8. The van der Waals surface area contributed by atoms with E-state index in [1.165, 1.54) is 31.4 Å². The van der Waals surface area contributed by atoms with Crippen LogP contribution in [-0.4, -0.2) is 38.6 Å². The standard InChI is InChI=1S/C30H28FN5O4S/c1-40-26-17-24(41(2,38)39)12-13-25(26)35-29(32)36-27-14-5-20(18-33-27)19-3-10-23(11-4-19)34-28(37)30(15-16-30)21-6-8-22(31)9-7-21/h3-14,17-18H,15-16H2,1-2H3,(H,34,37)(H3,32,33,35,36). The molecule has 1 aliphatic rings. The number of aliphatic imine (C=N–C) groups is 1. The second-order valence-electron chi connectivity index (χ2n) is 9.78. The Labute approximate surface area is 237 Å². The third-order valence-electron chi connectivity index (χ3n) is 6.90. The van der Waals surface area contributed by atoms with Crippen molar-refractivity contribution in [2.24, 2.45) is 10.7 Å². The molecule has 1 aliphatic carbocycles. The molecule has 0 bridgehead atoms. The number of guanidine groups is 1. The summed E-state index contributed by atoms with van der Waals surface area (Å²) in [5, 5.41) is 5.88. The van der Waals surface area contributed by atoms with Crippen molar-refractivity contribution < 1.29 is 22.3 Å². The number of ether oxygens (including phenoxy) is 1. The highest BCUT2D eigenvalue weighted by molar-refractivity contribution is 7.90. The Hall–Kier alpha value is -4.77.